The first-order valence-corrected chi connectivity index (χ1v) is 12.8. The van der Waals surface area contributed by atoms with Gasteiger partial charge in [-0.15, -0.1) is 0 Å². The van der Waals surface area contributed by atoms with Gasteiger partial charge in [-0.3, -0.25) is 9.59 Å². The van der Waals surface area contributed by atoms with Crippen LogP contribution in [-0.2, 0) is 4.79 Å². The van der Waals surface area contributed by atoms with Crippen molar-refractivity contribution in [2.45, 2.75) is 63.6 Å². The van der Waals surface area contributed by atoms with E-state index in [9.17, 15) is 9.59 Å². The number of hydrogen-bond acceptors (Lipinski definition) is 6. The van der Waals surface area contributed by atoms with Gasteiger partial charge in [-0.1, -0.05) is 25.7 Å². The highest BCUT2D eigenvalue weighted by molar-refractivity contribution is 6.04. The molecule has 1 aliphatic carbocycles. The summed E-state index contributed by atoms with van der Waals surface area (Å²) in [5, 5.41) is 6.45. The summed E-state index contributed by atoms with van der Waals surface area (Å²) >= 11 is 0. The first kappa shape index (κ1) is 23.6. The van der Waals surface area contributed by atoms with E-state index < -0.39 is 0 Å². The minimum absolute atomic E-state index is 0.0395. The standard InChI is InChI=1S/C27H36N6O2/c1-18-27(35)32(3)23-14-15-24(30-25(23)33(18)22-8-6-4-5-7-9-22)28-20-12-10-19(11-13-20)26(34)29-21-16-31(2)17-21/h10-15,18,21-22H,4-9,16-17H2,1-3H3,(H,28,30)(H,29,34)/t18-/m1/s1. The third-order valence-corrected chi connectivity index (χ3v) is 7.60. The first-order chi connectivity index (χ1) is 16.9. The Morgan fingerprint density at radius 3 is 2.31 bits per heavy atom. The van der Waals surface area contributed by atoms with Crippen molar-refractivity contribution in [1.29, 1.82) is 0 Å². The van der Waals surface area contributed by atoms with Gasteiger partial charge in [0.1, 0.15) is 11.9 Å². The summed E-state index contributed by atoms with van der Waals surface area (Å²) in [5.41, 5.74) is 2.38. The van der Waals surface area contributed by atoms with E-state index >= 15 is 0 Å². The molecule has 2 fully saturated rings. The molecule has 35 heavy (non-hydrogen) atoms. The molecule has 1 aromatic heterocycles. The molecule has 5 rings (SSSR count). The lowest BCUT2D eigenvalue weighted by molar-refractivity contribution is -0.119. The number of likely N-dealkylation sites (tertiary alicyclic amines) is 1. The maximum Gasteiger partial charge on any atom is 0.251 e. The fourth-order valence-corrected chi connectivity index (χ4v) is 5.60. The van der Waals surface area contributed by atoms with Crippen molar-refractivity contribution in [3.05, 3.63) is 42.0 Å². The number of carbonyl (C=O) groups excluding carboxylic acids is 2. The van der Waals surface area contributed by atoms with E-state index in [0.717, 1.165) is 48.9 Å². The minimum Gasteiger partial charge on any atom is -0.347 e. The first-order valence-electron chi connectivity index (χ1n) is 12.8. The van der Waals surface area contributed by atoms with Crippen LogP contribution in [0, 0.1) is 0 Å². The Labute approximate surface area is 207 Å². The van der Waals surface area contributed by atoms with Gasteiger partial charge >= 0.3 is 0 Å². The second-order valence-electron chi connectivity index (χ2n) is 10.3. The van der Waals surface area contributed by atoms with Gasteiger partial charge < -0.3 is 25.3 Å². The number of anilines is 4. The highest BCUT2D eigenvalue weighted by atomic mass is 16.2. The summed E-state index contributed by atoms with van der Waals surface area (Å²) in [6.45, 7) is 3.79. The normalized spacial score (nSPS) is 21.8. The summed E-state index contributed by atoms with van der Waals surface area (Å²) < 4.78 is 0. The Bertz CT molecular complexity index is 1070. The van der Waals surface area contributed by atoms with E-state index in [4.69, 9.17) is 4.98 Å². The smallest absolute Gasteiger partial charge is 0.251 e. The molecule has 8 heteroatoms. The predicted octanol–water partition coefficient (Wildman–Crippen LogP) is 3.76. The molecule has 2 N–H and O–H groups in total. The van der Waals surface area contributed by atoms with Crippen LogP contribution in [-0.4, -0.2) is 67.0 Å². The number of amides is 2. The summed E-state index contributed by atoms with van der Waals surface area (Å²) in [7, 11) is 3.88. The van der Waals surface area contributed by atoms with Crippen LogP contribution in [0.1, 0.15) is 55.8 Å². The fourth-order valence-electron chi connectivity index (χ4n) is 5.60. The molecule has 186 valence electrons. The van der Waals surface area contributed by atoms with E-state index in [-0.39, 0.29) is 23.9 Å². The number of likely N-dealkylation sites (N-methyl/N-ethyl adjacent to an activating group) is 2. The lowest BCUT2D eigenvalue weighted by atomic mass is 10.0. The lowest BCUT2D eigenvalue weighted by Crippen LogP contribution is -2.57. The quantitative estimate of drug-likeness (QED) is 0.640. The summed E-state index contributed by atoms with van der Waals surface area (Å²) in [5.74, 6) is 1.68. The van der Waals surface area contributed by atoms with Gasteiger partial charge in [0.05, 0.1) is 11.7 Å². The monoisotopic (exact) mass is 476 g/mol. The molecule has 1 atom stereocenters. The van der Waals surface area contributed by atoms with Crippen LogP contribution in [0.5, 0.6) is 0 Å². The molecule has 0 unspecified atom stereocenters. The van der Waals surface area contributed by atoms with Gasteiger partial charge in [-0.2, -0.15) is 0 Å². The molecule has 2 amide bonds. The van der Waals surface area contributed by atoms with Crippen molar-refractivity contribution in [2.24, 2.45) is 0 Å². The van der Waals surface area contributed by atoms with Crippen molar-refractivity contribution >= 4 is 34.8 Å². The zero-order chi connectivity index (χ0) is 24.5. The molecule has 1 aromatic carbocycles. The van der Waals surface area contributed by atoms with Gasteiger partial charge in [0.15, 0.2) is 5.82 Å². The number of pyridine rings is 1. The average molecular weight is 477 g/mol. The molecular weight excluding hydrogens is 440 g/mol. The molecule has 1 saturated heterocycles. The molecule has 3 aliphatic rings. The van der Waals surface area contributed by atoms with Crippen molar-refractivity contribution in [2.75, 3.05) is 42.3 Å². The van der Waals surface area contributed by atoms with Gasteiger partial charge in [0.25, 0.3) is 5.91 Å². The molecule has 1 saturated carbocycles. The van der Waals surface area contributed by atoms with Crippen molar-refractivity contribution in [1.82, 2.24) is 15.2 Å². The Hall–Kier alpha value is -3.13. The highest BCUT2D eigenvalue weighted by Crippen LogP contribution is 2.39. The van der Waals surface area contributed by atoms with Crippen LogP contribution < -0.4 is 20.4 Å². The number of hydrogen-bond donors (Lipinski definition) is 2. The molecule has 8 nitrogen and oxygen atoms in total. The molecule has 3 heterocycles. The number of carbonyl (C=O) groups is 2. The van der Waals surface area contributed by atoms with Crippen molar-refractivity contribution < 1.29 is 9.59 Å². The molecule has 2 aliphatic heterocycles. The Kier molecular flexibility index (Phi) is 6.65. The van der Waals surface area contributed by atoms with E-state index in [1.165, 1.54) is 25.7 Å². The number of fused-ring (bicyclic) bond motifs is 1. The third-order valence-electron chi connectivity index (χ3n) is 7.60. The van der Waals surface area contributed by atoms with Crippen LogP contribution in [0.2, 0.25) is 0 Å². The van der Waals surface area contributed by atoms with Crippen molar-refractivity contribution in [3.8, 4) is 0 Å². The summed E-state index contributed by atoms with van der Waals surface area (Å²) in [6.07, 6.45) is 7.12. The topological polar surface area (TPSA) is 80.8 Å². The summed E-state index contributed by atoms with van der Waals surface area (Å²) in [4.78, 5) is 36.6. The van der Waals surface area contributed by atoms with Crippen LogP contribution in [0.15, 0.2) is 36.4 Å². The number of nitrogens with one attached hydrogen (secondary N) is 2. The Balaban J connectivity index is 1.34. The Morgan fingerprint density at radius 1 is 0.971 bits per heavy atom. The maximum absolute atomic E-state index is 13.0. The van der Waals surface area contributed by atoms with Gasteiger partial charge in [0.2, 0.25) is 5.91 Å². The van der Waals surface area contributed by atoms with Gasteiger partial charge in [0, 0.05) is 37.4 Å². The number of aromatic nitrogens is 1. The average Bonchev–Trinajstić information content (AvgIpc) is 3.12. The molecule has 0 spiro atoms. The van der Waals surface area contributed by atoms with Crippen LogP contribution in [0.3, 0.4) is 0 Å². The van der Waals surface area contributed by atoms with Crippen molar-refractivity contribution in [3.63, 3.8) is 0 Å². The predicted molar refractivity (Wildman–Crippen MR) is 140 cm³/mol. The van der Waals surface area contributed by atoms with E-state index in [1.54, 1.807) is 4.90 Å². The lowest BCUT2D eigenvalue weighted by Gasteiger charge is -2.43. The zero-order valence-electron chi connectivity index (χ0n) is 21.0. The number of nitrogens with zero attached hydrogens (tertiary/aromatic N) is 4. The number of rotatable bonds is 5. The third kappa shape index (κ3) is 4.85. The second kappa shape index (κ2) is 9.85. The van der Waals surface area contributed by atoms with E-state index in [1.807, 2.05) is 57.4 Å². The summed E-state index contributed by atoms with van der Waals surface area (Å²) in [6, 6.07) is 11.7. The minimum atomic E-state index is -0.230. The highest BCUT2D eigenvalue weighted by Gasteiger charge is 2.38. The zero-order valence-corrected chi connectivity index (χ0v) is 21.0. The van der Waals surface area contributed by atoms with E-state index in [2.05, 4.69) is 20.4 Å². The molecule has 2 aromatic rings. The van der Waals surface area contributed by atoms with Crippen LogP contribution >= 0.6 is 0 Å². The van der Waals surface area contributed by atoms with Crippen LogP contribution in [0.25, 0.3) is 0 Å². The largest absolute Gasteiger partial charge is 0.347 e. The van der Waals surface area contributed by atoms with Gasteiger partial charge in [-0.05, 0) is 63.2 Å². The fraction of sp³-hybridized carbons (Fsp3) is 0.519. The van der Waals surface area contributed by atoms with E-state index in [0.29, 0.717) is 11.6 Å². The molecular formula is C27H36N6O2. The Morgan fingerprint density at radius 2 is 1.66 bits per heavy atom. The number of benzene rings is 1. The molecule has 0 bridgehead atoms. The molecule has 0 radical (unpaired) electrons. The van der Waals surface area contributed by atoms with Crippen LogP contribution in [0.4, 0.5) is 23.0 Å². The maximum atomic E-state index is 13.0. The SMILES string of the molecule is C[C@@H]1C(=O)N(C)c2ccc(Nc3ccc(C(=O)NC4CN(C)C4)cc3)nc2N1C1CCCCCC1. The van der Waals surface area contributed by atoms with Gasteiger partial charge in [-0.25, -0.2) is 4.98 Å². The second-order valence-corrected chi connectivity index (χ2v) is 10.3.